The maximum Gasteiger partial charge on any atom is 0.146 e. The maximum atomic E-state index is 5.94. The van der Waals surface area contributed by atoms with Crippen molar-refractivity contribution in [3.05, 3.63) is 17.3 Å². The Bertz CT molecular complexity index is 519. The third-order valence-corrected chi connectivity index (χ3v) is 4.62. The molecule has 6 heteroatoms. The first-order valence-corrected chi connectivity index (χ1v) is 7.66. The van der Waals surface area contributed by atoms with E-state index in [1.165, 1.54) is 11.5 Å². The molecule has 1 saturated heterocycles. The molecule has 0 radical (unpaired) electrons. The van der Waals surface area contributed by atoms with Crippen LogP contribution in [0.4, 0.5) is 5.82 Å². The molecule has 0 unspecified atom stereocenters. The number of nitrogen functional groups attached to an aromatic ring is 1. The Hall–Kier alpha value is -0.850. The van der Waals surface area contributed by atoms with Crippen molar-refractivity contribution < 1.29 is 0 Å². The molecule has 0 atom stereocenters. The van der Waals surface area contributed by atoms with Crippen molar-refractivity contribution in [3.8, 4) is 0 Å². The summed E-state index contributed by atoms with van der Waals surface area (Å²) in [4.78, 5) is 12.4. The number of thiophene rings is 1. The fourth-order valence-electron chi connectivity index (χ4n) is 1.95. The number of anilines is 1. The molecular weight excluding hydrogens is 252 g/mol. The maximum absolute atomic E-state index is 5.94. The number of nitrogens with two attached hydrogens (primary N) is 1. The summed E-state index contributed by atoms with van der Waals surface area (Å²) >= 11 is 3.64. The van der Waals surface area contributed by atoms with Gasteiger partial charge < -0.3 is 5.73 Å². The van der Waals surface area contributed by atoms with Gasteiger partial charge >= 0.3 is 0 Å². The Balaban J connectivity index is 1.84. The average molecular weight is 266 g/mol. The van der Waals surface area contributed by atoms with Gasteiger partial charge in [0.1, 0.15) is 16.5 Å². The van der Waals surface area contributed by atoms with Gasteiger partial charge in [0.2, 0.25) is 0 Å². The van der Waals surface area contributed by atoms with Crippen LogP contribution in [0.2, 0.25) is 0 Å². The van der Waals surface area contributed by atoms with E-state index in [0.717, 1.165) is 35.7 Å². The third kappa shape index (κ3) is 2.38. The Labute approximate surface area is 108 Å². The van der Waals surface area contributed by atoms with Gasteiger partial charge in [-0.25, -0.2) is 9.97 Å². The van der Waals surface area contributed by atoms with Crippen LogP contribution in [0.15, 0.2) is 11.4 Å². The highest BCUT2D eigenvalue weighted by molar-refractivity contribution is 7.99. The molecule has 0 spiro atoms. The van der Waals surface area contributed by atoms with Crippen LogP contribution < -0.4 is 5.73 Å². The fraction of sp³-hybridized carbons (Fsp3) is 0.455. The lowest BCUT2D eigenvalue weighted by molar-refractivity contribution is 0.287. The summed E-state index contributed by atoms with van der Waals surface area (Å²) in [6.45, 7) is 3.06. The van der Waals surface area contributed by atoms with Crippen LogP contribution in [0, 0.1) is 0 Å². The first-order chi connectivity index (χ1) is 8.33. The van der Waals surface area contributed by atoms with Gasteiger partial charge in [-0.05, 0) is 11.4 Å². The van der Waals surface area contributed by atoms with Crippen LogP contribution in [0.3, 0.4) is 0 Å². The van der Waals surface area contributed by atoms with Crippen LogP contribution in [0.25, 0.3) is 10.2 Å². The predicted molar refractivity (Wildman–Crippen MR) is 74.4 cm³/mol. The zero-order valence-corrected chi connectivity index (χ0v) is 11.1. The summed E-state index contributed by atoms with van der Waals surface area (Å²) in [6.07, 6.45) is 0. The summed E-state index contributed by atoms with van der Waals surface area (Å²) < 4.78 is 0. The number of aromatic nitrogens is 2. The van der Waals surface area contributed by atoms with E-state index in [4.69, 9.17) is 5.73 Å². The molecule has 0 bridgehead atoms. The first kappa shape index (κ1) is 11.3. The van der Waals surface area contributed by atoms with E-state index in [9.17, 15) is 0 Å². The molecule has 0 saturated carbocycles. The molecule has 2 aromatic heterocycles. The number of fused-ring (bicyclic) bond motifs is 1. The largest absolute Gasteiger partial charge is 0.383 e. The minimum absolute atomic E-state index is 0.609. The highest BCUT2D eigenvalue weighted by Crippen LogP contribution is 2.23. The van der Waals surface area contributed by atoms with Crippen molar-refractivity contribution in [1.82, 2.24) is 14.9 Å². The van der Waals surface area contributed by atoms with Gasteiger partial charge in [-0.1, -0.05) is 0 Å². The lowest BCUT2D eigenvalue weighted by atomic mass is 10.3. The second kappa shape index (κ2) is 4.80. The molecule has 4 nitrogen and oxygen atoms in total. The molecule has 0 aromatic carbocycles. The zero-order chi connectivity index (χ0) is 11.7. The van der Waals surface area contributed by atoms with E-state index in [2.05, 4.69) is 14.9 Å². The zero-order valence-electron chi connectivity index (χ0n) is 9.43. The third-order valence-electron chi connectivity index (χ3n) is 2.87. The fourth-order valence-corrected chi connectivity index (χ4v) is 3.72. The van der Waals surface area contributed by atoms with Crippen molar-refractivity contribution in [3.63, 3.8) is 0 Å². The molecule has 2 aromatic rings. The Morgan fingerprint density at radius 1 is 1.29 bits per heavy atom. The standard InChI is InChI=1S/C11H14N4S2/c12-10-8-1-4-17-11(8)14-9(13-10)7-15-2-5-16-6-3-15/h1,4H,2-3,5-7H2,(H2,12,13,14). The van der Waals surface area contributed by atoms with Crippen LogP contribution in [-0.2, 0) is 6.54 Å². The van der Waals surface area contributed by atoms with Crippen molar-refractivity contribution in [2.75, 3.05) is 30.3 Å². The number of nitrogens with zero attached hydrogens (tertiary/aromatic N) is 3. The van der Waals surface area contributed by atoms with Crippen molar-refractivity contribution in [1.29, 1.82) is 0 Å². The lowest BCUT2D eigenvalue weighted by Gasteiger charge is -2.25. The second-order valence-corrected chi connectivity index (χ2v) is 6.17. The SMILES string of the molecule is Nc1nc(CN2CCSCC2)nc2sccc12. The van der Waals surface area contributed by atoms with E-state index in [1.807, 2.05) is 23.2 Å². The predicted octanol–water partition coefficient (Wildman–Crippen LogP) is 1.82. The van der Waals surface area contributed by atoms with E-state index in [1.54, 1.807) is 11.3 Å². The van der Waals surface area contributed by atoms with Gasteiger partial charge in [0.05, 0.1) is 11.9 Å². The summed E-state index contributed by atoms with van der Waals surface area (Å²) in [6, 6.07) is 1.98. The monoisotopic (exact) mass is 266 g/mol. The Morgan fingerprint density at radius 3 is 2.94 bits per heavy atom. The molecule has 1 fully saturated rings. The van der Waals surface area contributed by atoms with Gasteiger partial charge in [-0.15, -0.1) is 11.3 Å². The highest BCUT2D eigenvalue weighted by atomic mass is 32.2. The number of hydrogen-bond donors (Lipinski definition) is 1. The van der Waals surface area contributed by atoms with Crippen molar-refractivity contribution in [2.45, 2.75) is 6.54 Å². The first-order valence-electron chi connectivity index (χ1n) is 5.62. The molecule has 1 aliphatic heterocycles. The molecule has 17 heavy (non-hydrogen) atoms. The van der Waals surface area contributed by atoms with Crippen LogP contribution >= 0.6 is 23.1 Å². The molecule has 90 valence electrons. The number of thioether (sulfide) groups is 1. The molecule has 3 rings (SSSR count). The summed E-state index contributed by atoms with van der Waals surface area (Å²) in [5.41, 5.74) is 5.94. The minimum Gasteiger partial charge on any atom is -0.383 e. The van der Waals surface area contributed by atoms with E-state index in [-0.39, 0.29) is 0 Å². The average Bonchev–Trinajstić information content (AvgIpc) is 2.79. The molecular formula is C11H14N4S2. The van der Waals surface area contributed by atoms with E-state index < -0.39 is 0 Å². The lowest BCUT2D eigenvalue weighted by Crippen LogP contribution is -2.32. The van der Waals surface area contributed by atoms with E-state index in [0.29, 0.717) is 5.82 Å². The van der Waals surface area contributed by atoms with Gasteiger partial charge in [0.25, 0.3) is 0 Å². The topological polar surface area (TPSA) is 55.0 Å². The number of rotatable bonds is 2. The molecule has 1 aliphatic rings. The smallest absolute Gasteiger partial charge is 0.146 e. The summed E-state index contributed by atoms with van der Waals surface area (Å²) in [7, 11) is 0. The van der Waals surface area contributed by atoms with Gasteiger partial charge in [-0.2, -0.15) is 11.8 Å². The highest BCUT2D eigenvalue weighted by Gasteiger charge is 2.13. The van der Waals surface area contributed by atoms with Gasteiger partial charge in [0, 0.05) is 24.6 Å². The van der Waals surface area contributed by atoms with Gasteiger partial charge in [0.15, 0.2) is 0 Å². The van der Waals surface area contributed by atoms with Crippen LogP contribution in [0.5, 0.6) is 0 Å². The number of hydrogen-bond acceptors (Lipinski definition) is 6. The van der Waals surface area contributed by atoms with Crippen LogP contribution in [0.1, 0.15) is 5.82 Å². The van der Waals surface area contributed by atoms with Crippen molar-refractivity contribution in [2.24, 2.45) is 0 Å². The summed E-state index contributed by atoms with van der Waals surface area (Å²) in [5, 5.41) is 2.99. The molecule has 0 aliphatic carbocycles. The van der Waals surface area contributed by atoms with Crippen LogP contribution in [-0.4, -0.2) is 39.5 Å². The Kier molecular flexibility index (Phi) is 3.17. The molecule has 3 heterocycles. The summed E-state index contributed by atoms with van der Waals surface area (Å²) in [5.74, 6) is 3.87. The quantitative estimate of drug-likeness (QED) is 0.898. The second-order valence-electron chi connectivity index (χ2n) is 4.05. The normalized spacial score (nSPS) is 17.6. The van der Waals surface area contributed by atoms with E-state index >= 15 is 0 Å². The Morgan fingerprint density at radius 2 is 2.12 bits per heavy atom. The molecule has 0 amide bonds. The molecule has 2 N–H and O–H groups in total. The van der Waals surface area contributed by atoms with Gasteiger partial charge in [-0.3, -0.25) is 4.90 Å². The minimum atomic E-state index is 0.609. The van der Waals surface area contributed by atoms with Crippen molar-refractivity contribution >= 4 is 39.1 Å².